The van der Waals surface area contributed by atoms with E-state index < -0.39 is 0 Å². The smallest absolute Gasteiger partial charge is 0.150 e. The molecule has 0 saturated carbocycles. The number of benzene rings is 2. The molecule has 1 aliphatic heterocycles. The van der Waals surface area contributed by atoms with Crippen LogP contribution in [0.25, 0.3) is 27.6 Å². The van der Waals surface area contributed by atoms with E-state index in [4.69, 9.17) is 14.6 Å². The Balaban J connectivity index is 1.79. The standard InChI is InChI=1S/C21H18FN3O3/c1-27-7-5-24-18-11-15(22)3-2-14(18)10-20(24)25-17-4-6-28-19-9-13(12-26)8-16(23-25)21(17)19/h2-3,8-12H,4-7H2,1H3. The molecule has 0 radical (unpaired) electrons. The Hall–Kier alpha value is -3.19. The number of methoxy groups -OCH3 is 1. The Morgan fingerprint density at radius 3 is 3.00 bits per heavy atom. The lowest BCUT2D eigenvalue weighted by Crippen LogP contribution is -2.15. The highest BCUT2D eigenvalue weighted by Crippen LogP contribution is 2.36. The van der Waals surface area contributed by atoms with Crippen LogP contribution >= 0.6 is 0 Å². The summed E-state index contributed by atoms with van der Waals surface area (Å²) in [4.78, 5) is 11.3. The molecule has 7 heteroatoms. The SMILES string of the molecule is COCCn1c(-n2nc3cc(C=O)cc4c3c2CCO4)cc2ccc(F)cc21. The third-order valence-corrected chi connectivity index (χ3v) is 5.17. The van der Waals surface area contributed by atoms with E-state index in [1.807, 2.05) is 15.3 Å². The summed E-state index contributed by atoms with van der Waals surface area (Å²) in [5, 5.41) is 6.63. The second kappa shape index (κ2) is 6.45. The average Bonchev–Trinajstić information content (AvgIpc) is 3.25. The molecule has 0 atom stereocenters. The van der Waals surface area contributed by atoms with Crippen LogP contribution in [-0.2, 0) is 17.7 Å². The Morgan fingerprint density at radius 1 is 1.29 bits per heavy atom. The Morgan fingerprint density at radius 2 is 2.18 bits per heavy atom. The number of fused-ring (bicyclic) bond motifs is 1. The number of aromatic nitrogens is 3. The quantitative estimate of drug-likeness (QED) is 0.498. The molecular formula is C21H18FN3O3. The van der Waals surface area contributed by atoms with Gasteiger partial charge < -0.3 is 14.0 Å². The van der Waals surface area contributed by atoms with Crippen molar-refractivity contribution in [3.63, 3.8) is 0 Å². The number of ether oxygens (including phenoxy) is 2. The van der Waals surface area contributed by atoms with E-state index >= 15 is 0 Å². The van der Waals surface area contributed by atoms with Gasteiger partial charge in [-0.2, -0.15) is 5.10 Å². The fraction of sp³-hybridized carbons (Fsp3) is 0.238. The maximum absolute atomic E-state index is 13.9. The minimum Gasteiger partial charge on any atom is -0.492 e. The van der Waals surface area contributed by atoms with Gasteiger partial charge in [-0.25, -0.2) is 9.07 Å². The van der Waals surface area contributed by atoms with Gasteiger partial charge in [-0.1, -0.05) is 0 Å². The maximum atomic E-state index is 13.9. The van der Waals surface area contributed by atoms with E-state index in [1.165, 1.54) is 12.1 Å². The Bertz CT molecular complexity index is 1230. The molecule has 0 N–H and O–H groups in total. The lowest BCUT2D eigenvalue weighted by Gasteiger charge is -2.17. The Labute approximate surface area is 160 Å². The lowest BCUT2D eigenvalue weighted by atomic mass is 10.1. The number of aldehydes is 1. The van der Waals surface area contributed by atoms with Gasteiger partial charge in [-0.15, -0.1) is 0 Å². The number of carbonyl (C=O) groups is 1. The predicted octanol–water partition coefficient (Wildman–Crippen LogP) is 3.51. The molecule has 0 spiro atoms. The van der Waals surface area contributed by atoms with Gasteiger partial charge in [-0.05, 0) is 36.4 Å². The fourth-order valence-corrected chi connectivity index (χ4v) is 3.93. The first-order chi connectivity index (χ1) is 13.7. The van der Waals surface area contributed by atoms with Crippen LogP contribution in [0, 0.1) is 5.82 Å². The first-order valence-electron chi connectivity index (χ1n) is 9.11. The van der Waals surface area contributed by atoms with E-state index in [9.17, 15) is 9.18 Å². The molecule has 0 saturated heterocycles. The summed E-state index contributed by atoms with van der Waals surface area (Å²) >= 11 is 0. The van der Waals surface area contributed by atoms with Gasteiger partial charge in [-0.3, -0.25) is 4.79 Å². The van der Waals surface area contributed by atoms with Gasteiger partial charge in [0.15, 0.2) is 0 Å². The van der Waals surface area contributed by atoms with Gasteiger partial charge >= 0.3 is 0 Å². The lowest BCUT2D eigenvalue weighted by molar-refractivity contribution is 0.112. The highest BCUT2D eigenvalue weighted by atomic mass is 19.1. The molecule has 2 aromatic heterocycles. The molecule has 1 aliphatic rings. The summed E-state index contributed by atoms with van der Waals surface area (Å²) in [5.74, 6) is 1.23. The van der Waals surface area contributed by atoms with Crippen LogP contribution in [0.5, 0.6) is 5.75 Å². The molecule has 0 amide bonds. The largest absolute Gasteiger partial charge is 0.492 e. The van der Waals surface area contributed by atoms with Crippen LogP contribution < -0.4 is 4.74 Å². The number of carbonyl (C=O) groups excluding carboxylic acids is 1. The molecule has 4 aromatic rings. The molecule has 5 rings (SSSR count). The van der Waals surface area contributed by atoms with Crippen molar-refractivity contribution in [1.29, 1.82) is 0 Å². The second-order valence-corrected chi connectivity index (χ2v) is 6.84. The first-order valence-corrected chi connectivity index (χ1v) is 9.11. The Kier molecular flexibility index (Phi) is 3.91. The third-order valence-electron chi connectivity index (χ3n) is 5.17. The summed E-state index contributed by atoms with van der Waals surface area (Å²) in [7, 11) is 1.64. The van der Waals surface area contributed by atoms with Crippen molar-refractivity contribution < 1.29 is 18.7 Å². The molecule has 142 valence electrons. The maximum Gasteiger partial charge on any atom is 0.150 e. The van der Waals surface area contributed by atoms with Crippen LogP contribution in [0.15, 0.2) is 36.4 Å². The number of hydrogen-bond donors (Lipinski definition) is 0. The van der Waals surface area contributed by atoms with Gasteiger partial charge in [0, 0.05) is 31.0 Å². The molecule has 6 nitrogen and oxygen atoms in total. The van der Waals surface area contributed by atoms with E-state index in [2.05, 4.69) is 0 Å². The summed E-state index contributed by atoms with van der Waals surface area (Å²) in [6, 6.07) is 10.3. The average molecular weight is 379 g/mol. The van der Waals surface area contributed by atoms with E-state index in [1.54, 1.807) is 25.3 Å². The minimum absolute atomic E-state index is 0.283. The highest BCUT2D eigenvalue weighted by Gasteiger charge is 2.24. The first kappa shape index (κ1) is 16.9. The molecule has 0 unspecified atom stereocenters. The molecule has 0 aliphatic carbocycles. The zero-order chi connectivity index (χ0) is 19.3. The monoisotopic (exact) mass is 379 g/mol. The summed E-state index contributed by atoms with van der Waals surface area (Å²) in [5.41, 5.74) is 3.06. The van der Waals surface area contributed by atoms with Crippen LogP contribution in [0.4, 0.5) is 4.39 Å². The fourth-order valence-electron chi connectivity index (χ4n) is 3.93. The van der Waals surface area contributed by atoms with Crippen molar-refractivity contribution in [2.75, 3.05) is 20.3 Å². The molecule has 2 aromatic carbocycles. The van der Waals surface area contributed by atoms with Crippen molar-refractivity contribution in [2.24, 2.45) is 0 Å². The zero-order valence-corrected chi connectivity index (χ0v) is 15.3. The van der Waals surface area contributed by atoms with Gasteiger partial charge in [0.05, 0.1) is 35.3 Å². The summed E-state index contributed by atoms with van der Waals surface area (Å²) < 4.78 is 28.8. The molecule has 3 heterocycles. The van der Waals surface area contributed by atoms with Crippen molar-refractivity contribution in [2.45, 2.75) is 13.0 Å². The van der Waals surface area contributed by atoms with Crippen LogP contribution in [-0.4, -0.2) is 41.0 Å². The number of rotatable bonds is 5. The van der Waals surface area contributed by atoms with Gasteiger partial charge in [0.25, 0.3) is 0 Å². The van der Waals surface area contributed by atoms with Crippen LogP contribution in [0.3, 0.4) is 0 Å². The van der Waals surface area contributed by atoms with E-state index in [0.717, 1.165) is 34.1 Å². The molecular weight excluding hydrogens is 361 g/mol. The van der Waals surface area contributed by atoms with Gasteiger partial charge in [0.2, 0.25) is 0 Å². The second-order valence-electron chi connectivity index (χ2n) is 6.84. The molecule has 28 heavy (non-hydrogen) atoms. The van der Waals surface area contributed by atoms with Crippen molar-refractivity contribution >= 4 is 28.1 Å². The van der Waals surface area contributed by atoms with Crippen LogP contribution in [0.2, 0.25) is 0 Å². The number of halogens is 1. The normalized spacial score (nSPS) is 13.2. The van der Waals surface area contributed by atoms with Crippen molar-refractivity contribution in [3.8, 4) is 11.6 Å². The zero-order valence-electron chi connectivity index (χ0n) is 15.3. The number of nitrogens with zero attached hydrogens (tertiary/aromatic N) is 3. The minimum atomic E-state index is -0.283. The van der Waals surface area contributed by atoms with Gasteiger partial charge in [0.1, 0.15) is 23.7 Å². The summed E-state index contributed by atoms with van der Waals surface area (Å²) in [6.07, 6.45) is 1.50. The topological polar surface area (TPSA) is 58.3 Å². The van der Waals surface area contributed by atoms with E-state index in [0.29, 0.717) is 43.0 Å². The van der Waals surface area contributed by atoms with E-state index in [-0.39, 0.29) is 5.82 Å². The van der Waals surface area contributed by atoms with Crippen LogP contribution in [0.1, 0.15) is 16.1 Å². The third kappa shape index (κ3) is 2.51. The predicted molar refractivity (Wildman–Crippen MR) is 103 cm³/mol. The summed E-state index contributed by atoms with van der Waals surface area (Å²) in [6.45, 7) is 1.58. The van der Waals surface area contributed by atoms with Crippen molar-refractivity contribution in [3.05, 3.63) is 53.5 Å². The molecule has 0 fully saturated rings. The molecule has 0 bridgehead atoms. The van der Waals surface area contributed by atoms with Crippen molar-refractivity contribution in [1.82, 2.24) is 14.3 Å². The highest BCUT2D eigenvalue weighted by molar-refractivity contribution is 5.94. The number of hydrogen-bond acceptors (Lipinski definition) is 4.